The quantitative estimate of drug-likeness (QED) is 0.501. The molecule has 0 fully saturated rings. The van der Waals surface area contributed by atoms with Crippen molar-refractivity contribution in [2.24, 2.45) is 5.84 Å². The average Bonchev–Trinajstić information content (AvgIpc) is 2.81. The van der Waals surface area contributed by atoms with Crippen molar-refractivity contribution < 1.29 is 4.79 Å². The molecule has 1 aliphatic carbocycles. The number of nitrogens with two attached hydrogens (primary N) is 1. The number of carbonyl (C=O) groups excluding carboxylic acids is 1. The van der Waals surface area contributed by atoms with Crippen LogP contribution in [0, 0.1) is 0 Å². The molecular formula is C16H21N3O. The minimum absolute atomic E-state index is 0.228. The summed E-state index contributed by atoms with van der Waals surface area (Å²) in [5, 5.41) is 1.22. The van der Waals surface area contributed by atoms with Gasteiger partial charge in [0, 0.05) is 28.7 Å². The molecule has 1 heterocycles. The molecule has 1 aromatic carbocycles. The molecule has 0 saturated heterocycles. The summed E-state index contributed by atoms with van der Waals surface area (Å²) in [5.41, 5.74) is 6.96. The smallest absolute Gasteiger partial charge is 0.265 e. The Balaban J connectivity index is 2.27. The van der Waals surface area contributed by atoms with Gasteiger partial charge in [-0.25, -0.2) is 5.84 Å². The predicted octanol–water partition coefficient (Wildman–Crippen LogP) is 2.70. The second-order valence-electron chi connectivity index (χ2n) is 5.61. The highest BCUT2D eigenvalue weighted by atomic mass is 16.2. The lowest BCUT2D eigenvalue weighted by molar-refractivity contribution is 0.0954. The van der Waals surface area contributed by atoms with Crippen LogP contribution in [0.4, 0.5) is 0 Å². The summed E-state index contributed by atoms with van der Waals surface area (Å²) in [7, 11) is 0. The van der Waals surface area contributed by atoms with Crippen molar-refractivity contribution in [3.05, 3.63) is 35.0 Å². The average molecular weight is 271 g/mol. The molecule has 1 aliphatic rings. The lowest BCUT2D eigenvalue weighted by Gasteiger charge is -2.21. The van der Waals surface area contributed by atoms with Gasteiger partial charge in [0.2, 0.25) is 0 Å². The largest absolute Gasteiger partial charge is 0.344 e. The van der Waals surface area contributed by atoms with Gasteiger partial charge in [0.15, 0.2) is 0 Å². The number of benzene rings is 1. The molecule has 0 spiro atoms. The van der Waals surface area contributed by atoms with E-state index in [0.717, 1.165) is 13.0 Å². The molecule has 0 bridgehead atoms. The van der Waals surface area contributed by atoms with E-state index in [1.54, 1.807) is 0 Å². The maximum absolute atomic E-state index is 11.7. The zero-order valence-corrected chi connectivity index (χ0v) is 12.1. The summed E-state index contributed by atoms with van der Waals surface area (Å²) in [6, 6.07) is 5.89. The van der Waals surface area contributed by atoms with Gasteiger partial charge in [-0.2, -0.15) is 0 Å². The number of hydrogen-bond donors (Lipinski definition) is 2. The summed E-state index contributed by atoms with van der Waals surface area (Å²) >= 11 is 0. The van der Waals surface area contributed by atoms with E-state index in [4.69, 9.17) is 5.84 Å². The first kappa shape index (κ1) is 13.2. The molecule has 2 aromatic rings. The van der Waals surface area contributed by atoms with Crippen molar-refractivity contribution in [3.8, 4) is 0 Å². The monoisotopic (exact) mass is 271 g/mol. The molecule has 20 heavy (non-hydrogen) atoms. The Bertz CT molecular complexity index is 672. The molecule has 3 rings (SSSR count). The molecule has 106 valence electrons. The van der Waals surface area contributed by atoms with Crippen LogP contribution in [0.2, 0.25) is 0 Å². The highest BCUT2D eigenvalue weighted by molar-refractivity contribution is 5.99. The summed E-state index contributed by atoms with van der Waals surface area (Å²) in [6.45, 7) is 5.46. The number of hydrazine groups is 1. The van der Waals surface area contributed by atoms with Gasteiger partial charge in [-0.05, 0) is 55.9 Å². The number of fused-ring (bicyclic) bond motifs is 3. The summed E-state index contributed by atoms with van der Waals surface area (Å²) in [5.74, 6) is 5.60. The van der Waals surface area contributed by atoms with Gasteiger partial charge in [-0.15, -0.1) is 0 Å². The fourth-order valence-corrected chi connectivity index (χ4v) is 3.56. The highest BCUT2D eigenvalue weighted by Crippen LogP contribution is 2.38. The van der Waals surface area contributed by atoms with Gasteiger partial charge in [0.25, 0.3) is 5.91 Å². The van der Waals surface area contributed by atoms with Gasteiger partial charge >= 0.3 is 0 Å². The molecule has 0 saturated carbocycles. The van der Waals surface area contributed by atoms with E-state index in [9.17, 15) is 4.79 Å². The number of amides is 1. The third kappa shape index (κ3) is 1.83. The Labute approximate surface area is 118 Å². The number of aromatic nitrogens is 1. The Morgan fingerprint density at radius 3 is 3.00 bits per heavy atom. The third-order valence-corrected chi connectivity index (χ3v) is 4.45. The number of nitrogen functional groups attached to an aromatic ring is 1. The van der Waals surface area contributed by atoms with Gasteiger partial charge in [0.1, 0.15) is 0 Å². The zero-order valence-electron chi connectivity index (χ0n) is 12.1. The number of carbonyl (C=O) groups is 1. The van der Waals surface area contributed by atoms with Crippen LogP contribution in [0.3, 0.4) is 0 Å². The lowest BCUT2D eigenvalue weighted by atomic mass is 9.87. The number of rotatable bonds is 2. The minimum atomic E-state index is -0.228. The molecule has 1 atom stereocenters. The fourth-order valence-electron chi connectivity index (χ4n) is 3.56. The van der Waals surface area contributed by atoms with Gasteiger partial charge < -0.3 is 4.57 Å². The van der Waals surface area contributed by atoms with E-state index >= 15 is 0 Å². The Kier molecular flexibility index (Phi) is 3.26. The van der Waals surface area contributed by atoms with E-state index < -0.39 is 0 Å². The molecule has 1 amide bonds. The number of nitrogens with zero attached hydrogens (tertiary/aromatic N) is 1. The third-order valence-electron chi connectivity index (χ3n) is 4.45. The first-order valence-corrected chi connectivity index (χ1v) is 7.33. The van der Waals surface area contributed by atoms with Gasteiger partial charge in [0.05, 0.1) is 0 Å². The predicted molar refractivity (Wildman–Crippen MR) is 80.6 cm³/mol. The lowest BCUT2D eigenvalue weighted by Crippen LogP contribution is -2.29. The maximum Gasteiger partial charge on any atom is 0.265 e. The van der Waals surface area contributed by atoms with Crippen LogP contribution in [0.25, 0.3) is 10.9 Å². The van der Waals surface area contributed by atoms with Crippen LogP contribution in [0.1, 0.15) is 54.2 Å². The fraction of sp³-hybridized carbons (Fsp3) is 0.438. The molecule has 1 aromatic heterocycles. The van der Waals surface area contributed by atoms with Crippen LogP contribution in [0.5, 0.6) is 0 Å². The van der Waals surface area contributed by atoms with Gasteiger partial charge in [-0.1, -0.05) is 6.92 Å². The number of hydrogen-bond acceptors (Lipinski definition) is 2. The maximum atomic E-state index is 11.7. The summed E-state index contributed by atoms with van der Waals surface area (Å²) in [6.07, 6.45) is 3.58. The zero-order chi connectivity index (χ0) is 14.3. The van der Waals surface area contributed by atoms with Gasteiger partial charge in [-0.3, -0.25) is 10.2 Å². The van der Waals surface area contributed by atoms with Crippen LogP contribution in [-0.4, -0.2) is 10.5 Å². The summed E-state index contributed by atoms with van der Waals surface area (Å²) < 4.78 is 2.40. The molecule has 4 nitrogen and oxygen atoms in total. The SMILES string of the molecule is CCn1c2c(c3cc(C(=O)NN)ccc31)CCCC2C. The first-order chi connectivity index (χ1) is 9.67. The molecule has 0 aliphatic heterocycles. The minimum Gasteiger partial charge on any atom is -0.344 e. The Morgan fingerprint density at radius 2 is 2.30 bits per heavy atom. The normalized spacial score (nSPS) is 18.1. The first-order valence-electron chi connectivity index (χ1n) is 7.33. The van der Waals surface area contributed by atoms with Crippen LogP contribution >= 0.6 is 0 Å². The molecule has 1 unspecified atom stereocenters. The van der Waals surface area contributed by atoms with Crippen molar-refractivity contribution in [3.63, 3.8) is 0 Å². The number of nitrogens with one attached hydrogen (secondary N) is 1. The second-order valence-corrected chi connectivity index (χ2v) is 5.61. The molecular weight excluding hydrogens is 250 g/mol. The molecule has 0 radical (unpaired) electrons. The second kappa shape index (κ2) is 4.94. The topological polar surface area (TPSA) is 60.0 Å². The highest BCUT2D eigenvalue weighted by Gasteiger charge is 2.24. The van der Waals surface area contributed by atoms with Crippen molar-refractivity contribution in [1.29, 1.82) is 0 Å². The Morgan fingerprint density at radius 1 is 1.50 bits per heavy atom. The standard InChI is InChI=1S/C16H21N3O/c1-3-19-14-8-7-11(16(20)18-17)9-13(14)12-6-4-5-10(2)15(12)19/h7-10H,3-6,17H2,1-2H3,(H,18,20). The van der Waals surface area contributed by atoms with E-state index in [-0.39, 0.29) is 5.91 Å². The van der Waals surface area contributed by atoms with E-state index in [1.165, 1.54) is 35.0 Å². The van der Waals surface area contributed by atoms with Crippen LogP contribution in [-0.2, 0) is 13.0 Å². The van der Waals surface area contributed by atoms with E-state index in [2.05, 4.69) is 29.9 Å². The Hall–Kier alpha value is -1.81. The van der Waals surface area contributed by atoms with Crippen molar-refractivity contribution in [2.45, 2.75) is 45.6 Å². The molecule has 3 N–H and O–H groups in total. The van der Waals surface area contributed by atoms with Crippen molar-refractivity contribution >= 4 is 16.8 Å². The van der Waals surface area contributed by atoms with E-state index in [1.807, 2.05) is 12.1 Å². The van der Waals surface area contributed by atoms with Crippen LogP contribution in [0.15, 0.2) is 18.2 Å². The summed E-state index contributed by atoms with van der Waals surface area (Å²) in [4.78, 5) is 11.7. The van der Waals surface area contributed by atoms with Crippen molar-refractivity contribution in [2.75, 3.05) is 0 Å². The van der Waals surface area contributed by atoms with E-state index in [0.29, 0.717) is 11.5 Å². The molecule has 4 heteroatoms. The number of aryl methyl sites for hydroxylation is 2. The van der Waals surface area contributed by atoms with Crippen LogP contribution < -0.4 is 11.3 Å². The van der Waals surface area contributed by atoms with Crippen molar-refractivity contribution in [1.82, 2.24) is 9.99 Å².